The van der Waals surface area contributed by atoms with Gasteiger partial charge in [0.05, 0.1) is 6.61 Å². The maximum Gasteiger partial charge on any atom is 0.332 e. The van der Waals surface area contributed by atoms with Gasteiger partial charge in [-0.2, -0.15) is 0 Å². The highest BCUT2D eigenvalue weighted by Gasteiger charge is 2.01. The van der Waals surface area contributed by atoms with Crippen LogP contribution in [0.1, 0.15) is 13.8 Å². The van der Waals surface area contributed by atoms with Gasteiger partial charge in [-0.1, -0.05) is 0 Å². The first kappa shape index (κ1) is 9.39. The molecule has 0 aromatic rings. The summed E-state index contributed by atoms with van der Waals surface area (Å²) in [7, 11) is 0. The minimum Gasteiger partial charge on any atom is -0.464 e. The van der Waals surface area contributed by atoms with Crippen LogP contribution in [0.5, 0.6) is 0 Å². The Kier molecular flexibility index (Phi) is 4.88. The number of esters is 1. The van der Waals surface area contributed by atoms with E-state index in [1.54, 1.807) is 13.8 Å². The molecule has 4 nitrogen and oxygen atoms in total. The first-order valence-electron chi connectivity index (χ1n) is 3.19. The van der Waals surface area contributed by atoms with Crippen molar-refractivity contribution in [3.63, 3.8) is 0 Å². The van der Waals surface area contributed by atoms with E-state index in [0.29, 0.717) is 6.61 Å². The summed E-state index contributed by atoms with van der Waals surface area (Å²) in [6, 6.07) is 0. The van der Waals surface area contributed by atoms with Crippen LogP contribution in [-0.4, -0.2) is 25.4 Å². The van der Waals surface area contributed by atoms with Crippen LogP contribution in [0.25, 0.3) is 0 Å². The van der Waals surface area contributed by atoms with E-state index in [9.17, 15) is 4.79 Å². The smallest absolute Gasteiger partial charge is 0.332 e. The molecule has 0 aliphatic carbocycles. The Morgan fingerprint density at radius 2 is 2.30 bits per heavy atom. The molecule has 2 N–H and O–H groups in total. The Hall–Kier alpha value is -0.610. The fraction of sp³-hybridized carbons (Fsp3) is 0.833. The van der Waals surface area contributed by atoms with Crippen LogP contribution in [-0.2, 0) is 14.3 Å². The van der Waals surface area contributed by atoms with Crippen LogP contribution >= 0.6 is 0 Å². The first-order valence-corrected chi connectivity index (χ1v) is 3.19. The van der Waals surface area contributed by atoms with E-state index in [4.69, 9.17) is 10.5 Å². The van der Waals surface area contributed by atoms with E-state index in [0.717, 1.165) is 0 Å². The number of carbonyl (C=O) groups excluding carboxylic acids is 1. The quantitative estimate of drug-likeness (QED) is 0.444. The molecule has 1 unspecified atom stereocenters. The predicted octanol–water partition coefficient (Wildman–Crippen LogP) is -0.129. The van der Waals surface area contributed by atoms with Gasteiger partial charge in [0.1, 0.15) is 12.8 Å². The van der Waals surface area contributed by atoms with Crippen molar-refractivity contribution in [2.75, 3.05) is 13.2 Å². The Balaban J connectivity index is 3.22. The lowest BCUT2D eigenvalue weighted by atomic mass is 10.6. The summed E-state index contributed by atoms with van der Waals surface area (Å²) >= 11 is 0. The van der Waals surface area contributed by atoms with E-state index in [1.165, 1.54) is 0 Å². The standard InChI is InChI=1S/C6H13NO3/c1-3-9-6(8)4-10-5(2)7/h5H,3-4,7H2,1-2H3. The van der Waals surface area contributed by atoms with Crippen molar-refractivity contribution in [2.45, 2.75) is 20.1 Å². The second kappa shape index (κ2) is 5.20. The van der Waals surface area contributed by atoms with Gasteiger partial charge in [0, 0.05) is 0 Å². The maximum absolute atomic E-state index is 10.5. The highest BCUT2D eigenvalue weighted by molar-refractivity contribution is 5.70. The number of carbonyl (C=O) groups is 1. The third-order valence-corrected chi connectivity index (χ3v) is 0.769. The molecule has 0 fully saturated rings. The van der Waals surface area contributed by atoms with E-state index in [1.807, 2.05) is 0 Å². The summed E-state index contributed by atoms with van der Waals surface area (Å²) in [6.07, 6.45) is -0.413. The zero-order valence-electron chi connectivity index (χ0n) is 6.29. The summed E-state index contributed by atoms with van der Waals surface area (Å²) in [5, 5.41) is 0. The molecular formula is C6H13NO3. The molecule has 4 heteroatoms. The Morgan fingerprint density at radius 1 is 1.70 bits per heavy atom. The molecule has 0 rings (SSSR count). The monoisotopic (exact) mass is 147 g/mol. The van der Waals surface area contributed by atoms with Crippen molar-refractivity contribution < 1.29 is 14.3 Å². The van der Waals surface area contributed by atoms with Crippen LogP contribution < -0.4 is 5.73 Å². The molecule has 60 valence electrons. The van der Waals surface area contributed by atoms with Crippen LogP contribution in [0.15, 0.2) is 0 Å². The number of ether oxygens (including phenoxy) is 2. The normalized spacial score (nSPS) is 12.7. The molecule has 0 aromatic carbocycles. The summed E-state index contributed by atoms with van der Waals surface area (Å²) < 4.78 is 9.33. The largest absolute Gasteiger partial charge is 0.464 e. The van der Waals surface area contributed by atoms with Crippen molar-refractivity contribution in [3.05, 3.63) is 0 Å². The fourth-order valence-electron chi connectivity index (χ4n) is 0.402. The predicted molar refractivity (Wildman–Crippen MR) is 36.2 cm³/mol. The van der Waals surface area contributed by atoms with Gasteiger partial charge in [0.25, 0.3) is 0 Å². The average molecular weight is 147 g/mol. The van der Waals surface area contributed by atoms with Gasteiger partial charge >= 0.3 is 5.97 Å². The molecule has 0 radical (unpaired) electrons. The van der Waals surface area contributed by atoms with Gasteiger partial charge in [-0.15, -0.1) is 0 Å². The molecule has 0 heterocycles. The molecule has 0 aromatic heterocycles. The zero-order chi connectivity index (χ0) is 7.98. The van der Waals surface area contributed by atoms with E-state index in [-0.39, 0.29) is 12.6 Å². The van der Waals surface area contributed by atoms with Gasteiger partial charge in [-0.05, 0) is 13.8 Å². The van der Waals surface area contributed by atoms with Gasteiger partial charge < -0.3 is 15.2 Å². The van der Waals surface area contributed by atoms with Crippen LogP contribution in [0.4, 0.5) is 0 Å². The van der Waals surface area contributed by atoms with Gasteiger partial charge in [-0.25, -0.2) is 4.79 Å². The molecule has 0 bridgehead atoms. The highest BCUT2D eigenvalue weighted by Crippen LogP contribution is 1.83. The Morgan fingerprint density at radius 3 is 2.70 bits per heavy atom. The molecule has 0 amide bonds. The van der Waals surface area contributed by atoms with Crippen molar-refractivity contribution >= 4 is 5.97 Å². The average Bonchev–Trinajstić information content (AvgIpc) is 1.85. The van der Waals surface area contributed by atoms with Gasteiger partial charge in [0.15, 0.2) is 0 Å². The van der Waals surface area contributed by atoms with Gasteiger partial charge in [0.2, 0.25) is 0 Å². The summed E-state index contributed by atoms with van der Waals surface area (Å²) in [5.41, 5.74) is 5.21. The van der Waals surface area contributed by atoms with Crippen molar-refractivity contribution in [2.24, 2.45) is 5.73 Å². The van der Waals surface area contributed by atoms with Crippen LogP contribution in [0, 0.1) is 0 Å². The summed E-state index contributed by atoms with van der Waals surface area (Å²) in [6.45, 7) is 3.70. The Bertz CT molecular complexity index is 103. The van der Waals surface area contributed by atoms with Crippen LogP contribution in [0.3, 0.4) is 0 Å². The third-order valence-electron chi connectivity index (χ3n) is 0.769. The minimum atomic E-state index is -0.413. The molecule has 0 aliphatic heterocycles. The van der Waals surface area contributed by atoms with E-state index < -0.39 is 6.23 Å². The molecular weight excluding hydrogens is 134 g/mol. The van der Waals surface area contributed by atoms with Crippen LogP contribution in [0.2, 0.25) is 0 Å². The lowest BCUT2D eigenvalue weighted by Crippen LogP contribution is -2.24. The molecule has 0 aliphatic rings. The lowest BCUT2D eigenvalue weighted by Gasteiger charge is -2.05. The highest BCUT2D eigenvalue weighted by atomic mass is 16.6. The molecule has 1 atom stereocenters. The number of hydrogen-bond donors (Lipinski definition) is 1. The minimum absolute atomic E-state index is 0.0640. The number of hydrogen-bond acceptors (Lipinski definition) is 4. The van der Waals surface area contributed by atoms with E-state index >= 15 is 0 Å². The summed E-state index contributed by atoms with van der Waals surface area (Å²) in [5.74, 6) is -0.375. The third kappa shape index (κ3) is 5.53. The van der Waals surface area contributed by atoms with Crippen molar-refractivity contribution in [1.29, 1.82) is 0 Å². The summed E-state index contributed by atoms with van der Waals surface area (Å²) in [4.78, 5) is 10.5. The second-order valence-electron chi connectivity index (χ2n) is 1.82. The molecule has 0 spiro atoms. The number of rotatable bonds is 4. The topological polar surface area (TPSA) is 61.5 Å². The molecule has 10 heavy (non-hydrogen) atoms. The number of nitrogens with two attached hydrogens (primary N) is 1. The fourth-order valence-corrected chi connectivity index (χ4v) is 0.402. The lowest BCUT2D eigenvalue weighted by molar-refractivity contribution is -0.150. The maximum atomic E-state index is 10.5. The second-order valence-corrected chi connectivity index (χ2v) is 1.82. The van der Waals surface area contributed by atoms with E-state index in [2.05, 4.69) is 4.74 Å². The van der Waals surface area contributed by atoms with Crippen molar-refractivity contribution in [3.8, 4) is 0 Å². The SMILES string of the molecule is CCOC(=O)COC(C)N. The zero-order valence-corrected chi connectivity index (χ0v) is 6.29. The molecule has 0 saturated carbocycles. The Labute approximate surface area is 60.3 Å². The van der Waals surface area contributed by atoms with Gasteiger partial charge in [-0.3, -0.25) is 0 Å². The first-order chi connectivity index (χ1) is 4.66. The van der Waals surface area contributed by atoms with Crippen molar-refractivity contribution in [1.82, 2.24) is 0 Å². The molecule has 0 saturated heterocycles.